The number of hydrogen-bond donors (Lipinski definition) is 2. The van der Waals surface area contributed by atoms with Gasteiger partial charge < -0.3 is 15.2 Å². The van der Waals surface area contributed by atoms with E-state index < -0.39 is 0 Å². The van der Waals surface area contributed by atoms with Gasteiger partial charge in [0, 0.05) is 10.0 Å². The minimum Gasteiger partial charge on any atom is -0.493 e. The summed E-state index contributed by atoms with van der Waals surface area (Å²) in [5, 5.41) is 4.06. The SMILES string of the molecule is COc1cc(C=NNC(N)=S)c(Br)cc1OC1CCCC1. The van der Waals surface area contributed by atoms with Crippen molar-refractivity contribution in [1.29, 1.82) is 0 Å². The maximum absolute atomic E-state index is 6.02. The molecular weight excluding hydrogens is 354 g/mol. The van der Waals surface area contributed by atoms with E-state index in [2.05, 4.69) is 38.7 Å². The van der Waals surface area contributed by atoms with Crippen molar-refractivity contribution in [2.75, 3.05) is 7.11 Å². The molecule has 21 heavy (non-hydrogen) atoms. The zero-order chi connectivity index (χ0) is 15.2. The molecule has 1 aliphatic carbocycles. The molecular formula is C14H18BrN3O2S. The zero-order valence-electron chi connectivity index (χ0n) is 11.8. The summed E-state index contributed by atoms with van der Waals surface area (Å²) in [6.45, 7) is 0. The molecule has 0 bridgehead atoms. The molecule has 0 amide bonds. The molecule has 1 fully saturated rings. The highest BCUT2D eigenvalue weighted by Gasteiger charge is 2.19. The predicted molar refractivity (Wildman–Crippen MR) is 91.1 cm³/mol. The van der Waals surface area contributed by atoms with Gasteiger partial charge in [-0.2, -0.15) is 5.10 Å². The minimum absolute atomic E-state index is 0.121. The average Bonchev–Trinajstić information content (AvgIpc) is 2.93. The number of rotatable bonds is 5. The number of halogens is 1. The fourth-order valence-corrected chi connectivity index (χ4v) is 2.73. The quantitative estimate of drug-likeness (QED) is 0.473. The summed E-state index contributed by atoms with van der Waals surface area (Å²) in [5.41, 5.74) is 8.68. The lowest BCUT2D eigenvalue weighted by Gasteiger charge is -2.17. The highest BCUT2D eigenvalue weighted by Crippen LogP contribution is 2.35. The van der Waals surface area contributed by atoms with Crippen molar-refractivity contribution in [1.82, 2.24) is 5.43 Å². The van der Waals surface area contributed by atoms with E-state index in [-0.39, 0.29) is 11.2 Å². The van der Waals surface area contributed by atoms with Crippen LogP contribution in [-0.4, -0.2) is 24.5 Å². The molecule has 5 nitrogen and oxygen atoms in total. The number of nitrogens with zero attached hydrogens (tertiary/aromatic N) is 1. The van der Waals surface area contributed by atoms with E-state index in [1.54, 1.807) is 13.3 Å². The van der Waals surface area contributed by atoms with Crippen molar-refractivity contribution in [3.05, 3.63) is 22.2 Å². The molecule has 0 spiro atoms. The number of methoxy groups -OCH3 is 1. The molecule has 7 heteroatoms. The van der Waals surface area contributed by atoms with E-state index >= 15 is 0 Å². The van der Waals surface area contributed by atoms with Crippen LogP contribution in [0.2, 0.25) is 0 Å². The third kappa shape index (κ3) is 4.57. The van der Waals surface area contributed by atoms with E-state index in [1.807, 2.05) is 12.1 Å². The van der Waals surface area contributed by atoms with Gasteiger partial charge in [0.2, 0.25) is 0 Å². The lowest BCUT2D eigenvalue weighted by atomic mass is 10.2. The second kappa shape index (κ2) is 7.61. The molecule has 0 atom stereocenters. The highest BCUT2D eigenvalue weighted by atomic mass is 79.9. The van der Waals surface area contributed by atoms with Gasteiger partial charge in [-0.05, 0) is 66.0 Å². The van der Waals surface area contributed by atoms with Crippen molar-refractivity contribution < 1.29 is 9.47 Å². The van der Waals surface area contributed by atoms with E-state index in [1.165, 1.54) is 12.8 Å². The number of hydrazone groups is 1. The summed E-state index contributed by atoms with van der Waals surface area (Å²) in [6.07, 6.45) is 6.55. The van der Waals surface area contributed by atoms with Crippen LogP contribution in [0, 0.1) is 0 Å². The molecule has 0 radical (unpaired) electrons. The van der Waals surface area contributed by atoms with Gasteiger partial charge >= 0.3 is 0 Å². The molecule has 0 heterocycles. The van der Waals surface area contributed by atoms with E-state index in [4.69, 9.17) is 15.2 Å². The molecule has 0 unspecified atom stereocenters. The van der Waals surface area contributed by atoms with Gasteiger partial charge in [-0.15, -0.1) is 0 Å². The Morgan fingerprint density at radius 3 is 2.76 bits per heavy atom. The molecule has 0 aromatic heterocycles. The number of hydrogen-bond acceptors (Lipinski definition) is 4. The number of thiocarbonyl (C=S) groups is 1. The second-order valence-electron chi connectivity index (χ2n) is 4.78. The zero-order valence-corrected chi connectivity index (χ0v) is 14.2. The van der Waals surface area contributed by atoms with Gasteiger partial charge in [-0.3, -0.25) is 5.43 Å². The van der Waals surface area contributed by atoms with E-state index in [0.29, 0.717) is 5.75 Å². The Hall–Kier alpha value is -1.34. The van der Waals surface area contributed by atoms with Crippen LogP contribution < -0.4 is 20.6 Å². The molecule has 3 N–H and O–H groups in total. The van der Waals surface area contributed by atoms with Gasteiger partial charge in [0.1, 0.15) is 0 Å². The van der Waals surface area contributed by atoms with Crippen molar-refractivity contribution in [2.45, 2.75) is 31.8 Å². The standard InChI is InChI=1S/C14H18BrN3O2S/c1-19-12-6-9(8-17-18-14(16)21)11(15)7-13(12)20-10-4-2-3-5-10/h6-8,10H,2-5H2,1H3,(H3,16,18,21). The molecule has 114 valence electrons. The minimum atomic E-state index is 0.121. The summed E-state index contributed by atoms with van der Waals surface area (Å²) in [7, 11) is 1.62. The van der Waals surface area contributed by atoms with Crippen LogP contribution >= 0.6 is 28.1 Å². The molecule has 1 aromatic carbocycles. The maximum atomic E-state index is 6.02. The van der Waals surface area contributed by atoms with Crippen LogP contribution in [0.4, 0.5) is 0 Å². The van der Waals surface area contributed by atoms with Crippen molar-refractivity contribution in [3.63, 3.8) is 0 Å². The molecule has 2 rings (SSSR count). The summed E-state index contributed by atoms with van der Waals surface area (Å²) < 4.78 is 12.3. The lowest BCUT2D eigenvalue weighted by molar-refractivity contribution is 0.200. The van der Waals surface area contributed by atoms with Crippen LogP contribution in [0.3, 0.4) is 0 Å². The first-order valence-electron chi connectivity index (χ1n) is 6.73. The fourth-order valence-electron chi connectivity index (χ4n) is 2.25. The summed E-state index contributed by atoms with van der Waals surface area (Å²) in [4.78, 5) is 0. The molecule has 0 saturated heterocycles. The molecule has 0 aliphatic heterocycles. The summed E-state index contributed by atoms with van der Waals surface area (Å²) >= 11 is 8.20. The fraction of sp³-hybridized carbons (Fsp3) is 0.429. The highest BCUT2D eigenvalue weighted by molar-refractivity contribution is 9.10. The number of benzene rings is 1. The largest absolute Gasteiger partial charge is 0.493 e. The monoisotopic (exact) mass is 371 g/mol. The number of ether oxygens (including phenoxy) is 2. The topological polar surface area (TPSA) is 68.9 Å². The van der Waals surface area contributed by atoms with Crippen LogP contribution in [0.25, 0.3) is 0 Å². The van der Waals surface area contributed by atoms with Gasteiger partial charge in [0.25, 0.3) is 0 Å². The predicted octanol–water partition coefficient (Wildman–Crippen LogP) is 2.95. The number of nitrogens with one attached hydrogen (secondary N) is 1. The molecule has 1 aromatic rings. The van der Waals surface area contributed by atoms with E-state index in [9.17, 15) is 0 Å². The van der Waals surface area contributed by atoms with Crippen LogP contribution in [0.5, 0.6) is 11.5 Å². The maximum Gasteiger partial charge on any atom is 0.184 e. The Kier molecular flexibility index (Phi) is 5.81. The van der Waals surface area contributed by atoms with E-state index in [0.717, 1.165) is 28.6 Å². The Balaban J connectivity index is 2.17. The Morgan fingerprint density at radius 2 is 2.14 bits per heavy atom. The molecule has 1 saturated carbocycles. The normalized spacial score (nSPS) is 15.3. The average molecular weight is 372 g/mol. The van der Waals surface area contributed by atoms with Gasteiger partial charge in [0.05, 0.1) is 19.4 Å². The first kappa shape index (κ1) is 16.0. The van der Waals surface area contributed by atoms with Crippen molar-refractivity contribution in [2.24, 2.45) is 10.8 Å². The van der Waals surface area contributed by atoms with Gasteiger partial charge in [0.15, 0.2) is 16.6 Å². The second-order valence-corrected chi connectivity index (χ2v) is 6.08. The van der Waals surface area contributed by atoms with Gasteiger partial charge in [-0.1, -0.05) is 0 Å². The number of nitrogens with two attached hydrogens (primary N) is 1. The Bertz CT molecular complexity index is 545. The third-order valence-corrected chi connectivity index (χ3v) is 4.04. The lowest BCUT2D eigenvalue weighted by Crippen LogP contribution is -2.24. The van der Waals surface area contributed by atoms with Crippen molar-refractivity contribution >= 4 is 39.5 Å². The Labute approximate surface area is 138 Å². The van der Waals surface area contributed by atoms with Crippen LogP contribution in [0.15, 0.2) is 21.7 Å². The summed E-state index contributed by atoms with van der Waals surface area (Å²) in [6, 6.07) is 3.76. The summed E-state index contributed by atoms with van der Waals surface area (Å²) in [5.74, 6) is 1.43. The smallest absolute Gasteiger partial charge is 0.184 e. The van der Waals surface area contributed by atoms with Crippen molar-refractivity contribution in [3.8, 4) is 11.5 Å². The van der Waals surface area contributed by atoms with Gasteiger partial charge in [-0.25, -0.2) is 0 Å². The molecule has 1 aliphatic rings. The third-order valence-electron chi connectivity index (χ3n) is 3.26. The first-order valence-corrected chi connectivity index (χ1v) is 7.93. The Morgan fingerprint density at radius 1 is 1.43 bits per heavy atom. The van der Waals surface area contributed by atoms with Crippen LogP contribution in [-0.2, 0) is 0 Å². The first-order chi connectivity index (χ1) is 10.1. The van der Waals surface area contributed by atoms with Crippen LogP contribution in [0.1, 0.15) is 31.2 Å².